The van der Waals surface area contributed by atoms with Gasteiger partial charge < -0.3 is 10.1 Å². The third kappa shape index (κ3) is 4.45. The molecular formula is C18H30N2O. The van der Waals surface area contributed by atoms with Gasteiger partial charge in [0.15, 0.2) is 0 Å². The maximum absolute atomic E-state index is 5.54. The summed E-state index contributed by atoms with van der Waals surface area (Å²) in [4.78, 5) is 2.41. The topological polar surface area (TPSA) is 24.5 Å². The lowest BCUT2D eigenvalue weighted by molar-refractivity contribution is 0.141. The zero-order valence-corrected chi connectivity index (χ0v) is 14.2. The molecule has 0 bridgehead atoms. The minimum atomic E-state index is 0.202. The molecule has 1 aliphatic carbocycles. The van der Waals surface area contributed by atoms with Gasteiger partial charge in [0.05, 0.1) is 7.11 Å². The lowest BCUT2D eigenvalue weighted by Crippen LogP contribution is -2.39. The van der Waals surface area contributed by atoms with E-state index in [9.17, 15) is 0 Å². The number of nitrogens with zero attached hydrogens (tertiary/aromatic N) is 1. The monoisotopic (exact) mass is 290 g/mol. The van der Waals surface area contributed by atoms with Crippen molar-refractivity contribution in [2.75, 3.05) is 14.2 Å². The number of ether oxygens (including phenoxy) is 1. The molecule has 0 spiro atoms. The van der Waals surface area contributed by atoms with Crippen LogP contribution >= 0.6 is 0 Å². The van der Waals surface area contributed by atoms with Gasteiger partial charge in [-0.05, 0) is 57.9 Å². The van der Waals surface area contributed by atoms with Gasteiger partial charge >= 0.3 is 0 Å². The Morgan fingerprint density at radius 2 is 2.05 bits per heavy atom. The fourth-order valence-electron chi connectivity index (χ4n) is 2.35. The molecule has 0 aromatic heterocycles. The summed E-state index contributed by atoms with van der Waals surface area (Å²) in [5.41, 5.74) is 2.82. The van der Waals surface area contributed by atoms with Gasteiger partial charge in [-0.2, -0.15) is 0 Å². The Morgan fingerprint density at radius 3 is 2.62 bits per heavy atom. The van der Waals surface area contributed by atoms with Gasteiger partial charge in [-0.15, -0.1) is 0 Å². The van der Waals surface area contributed by atoms with Gasteiger partial charge in [0.1, 0.15) is 5.75 Å². The molecule has 0 saturated heterocycles. The highest BCUT2D eigenvalue weighted by Crippen LogP contribution is 2.26. The predicted octanol–water partition coefficient (Wildman–Crippen LogP) is 3.57. The molecule has 0 amide bonds. The molecule has 118 valence electrons. The number of rotatable bonds is 8. The molecule has 1 aromatic carbocycles. The normalized spacial score (nSPS) is 15.5. The summed E-state index contributed by atoms with van der Waals surface area (Å²) in [5, 5.41) is 3.58. The Balaban J connectivity index is 2.09. The van der Waals surface area contributed by atoms with Crippen LogP contribution in [-0.4, -0.2) is 30.6 Å². The Bertz CT molecular complexity index is 466. The molecular weight excluding hydrogens is 260 g/mol. The van der Waals surface area contributed by atoms with Crippen LogP contribution in [0.1, 0.15) is 51.2 Å². The first kappa shape index (κ1) is 16.3. The molecule has 1 aliphatic rings. The summed E-state index contributed by atoms with van der Waals surface area (Å²) in [7, 11) is 3.95. The van der Waals surface area contributed by atoms with Gasteiger partial charge in [-0.1, -0.05) is 13.0 Å². The summed E-state index contributed by atoms with van der Waals surface area (Å²) >= 11 is 0. The Labute approximate surface area is 129 Å². The van der Waals surface area contributed by atoms with Crippen molar-refractivity contribution in [3.63, 3.8) is 0 Å². The van der Waals surface area contributed by atoms with E-state index in [0.29, 0.717) is 0 Å². The number of benzene rings is 1. The lowest BCUT2D eigenvalue weighted by atomic mass is 9.98. The standard InChI is InChI=1S/C18H30N2O/c1-6-18(2,3)20(4)13-15-11-14(7-10-17(15)21-5)12-19-16-8-9-16/h7,10-11,16,19H,6,8-9,12-13H2,1-5H3. The van der Waals surface area contributed by atoms with Gasteiger partial charge in [0.2, 0.25) is 0 Å². The van der Waals surface area contributed by atoms with Crippen LogP contribution in [0.25, 0.3) is 0 Å². The van der Waals surface area contributed by atoms with Gasteiger partial charge in [-0.25, -0.2) is 0 Å². The van der Waals surface area contributed by atoms with Crippen molar-refractivity contribution in [2.45, 2.75) is 64.7 Å². The first-order valence-electron chi connectivity index (χ1n) is 8.06. The van der Waals surface area contributed by atoms with E-state index in [1.807, 2.05) is 0 Å². The van der Waals surface area contributed by atoms with Crippen LogP contribution in [0.3, 0.4) is 0 Å². The first-order chi connectivity index (χ1) is 9.96. The molecule has 1 aromatic rings. The summed E-state index contributed by atoms with van der Waals surface area (Å²) < 4.78 is 5.54. The third-order valence-corrected chi connectivity index (χ3v) is 4.82. The van der Waals surface area contributed by atoms with Gasteiger partial charge in [-0.3, -0.25) is 4.90 Å². The van der Waals surface area contributed by atoms with E-state index in [4.69, 9.17) is 4.74 Å². The lowest BCUT2D eigenvalue weighted by Gasteiger charge is -2.35. The maximum atomic E-state index is 5.54. The van der Waals surface area contributed by atoms with Crippen molar-refractivity contribution in [3.8, 4) is 5.75 Å². The van der Waals surface area contributed by atoms with Crippen LogP contribution in [0.15, 0.2) is 18.2 Å². The van der Waals surface area contributed by atoms with E-state index in [0.717, 1.165) is 31.3 Å². The first-order valence-corrected chi connectivity index (χ1v) is 8.06. The SMILES string of the molecule is CCC(C)(C)N(C)Cc1cc(CNC2CC2)ccc1OC. The van der Waals surface area contributed by atoms with Gasteiger partial charge in [0, 0.05) is 30.2 Å². The molecule has 1 fully saturated rings. The predicted molar refractivity (Wildman–Crippen MR) is 88.7 cm³/mol. The number of nitrogens with one attached hydrogen (secondary N) is 1. The quantitative estimate of drug-likeness (QED) is 0.792. The van der Waals surface area contributed by atoms with E-state index in [1.165, 1.54) is 24.0 Å². The minimum absolute atomic E-state index is 0.202. The zero-order chi connectivity index (χ0) is 15.5. The second-order valence-electron chi connectivity index (χ2n) is 6.82. The third-order valence-electron chi connectivity index (χ3n) is 4.82. The minimum Gasteiger partial charge on any atom is -0.496 e. The van der Waals surface area contributed by atoms with Crippen molar-refractivity contribution in [1.29, 1.82) is 0 Å². The van der Waals surface area contributed by atoms with Crippen LogP contribution in [0.5, 0.6) is 5.75 Å². The highest BCUT2D eigenvalue weighted by Gasteiger charge is 2.23. The zero-order valence-electron chi connectivity index (χ0n) is 14.2. The Hall–Kier alpha value is -1.06. The molecule has 3 nitrogen and oxygen atoms in total. The van der Waals surface area contributed by atoms with Crippen LogP contribution < -0.4 is 10.1 Å². The molecule has 0 atom stereocenters. The average molecular weight is 290 g/mol. The van der Waals surface area contributed by atoms with Crippen molar-refractivity contribution in [1.82, 2.24) is 10.2 Å². The van der Waals surface area contributed by atoms with E-state index >= 15 is 0 Å². The highest BCUT2D eigenvalue weighted by molar-refractivity contribution is 5.37. The molecule has 0 aliphatic heterocycles. The summed E-state index contributed by atoms with van der Waals surface area (Å²) in [6.45, 7) is 8.70. The largest absolute Gasteiger partial charge is 0.496 e. The molecule has 0 unspecified atom stereocenters. The van der Waals surface area contributed by atoms with Crippen molar-refractivity contribution >= 4 is 0 Å². The Kier molecular flexibility index (Phi) is 5.28. The molecule has 1 N–H and O–H groups in total. The average Bonchev–Trinajstić information content (AvgIpc) is 3.29. The number of hydrogen-bond donors (Lipinski definition) is 1. The number of methoxy groups -OCH3 is 1. The summed E-state index contributed by atoms with van der Waals surface area (Å²) in [6, 6.07) is 7.31. The van der Waals surface area contributed by atoms with Crippen LogP contribution in [-0.2, 0) is 13.1 Å². The van der Waals surface area contributed by atoms with E-state index < -0.39 is 0 Å². The van der Waals surface area contributed by atoms with E-state index in [-0.39, 0.29) is 5.54 Å². The second-order valence-corrected chi connectivity index (χ2v) is 6.82. The number of hydrogen-bond acceptors (Lipinski definition) is 3. The highest BCUT2D eigenvalue weighted by atomic mass is 16.5. The molecule has 3 heteroatoms. The molecule has 1 saturated carbocycles. The van der Waals surface area contributed by atoms with Crippen LogP contribution in [0, 0.1) is 0 Å². The second kappa shape index (κ2) is 6.80. The van der Waals surface area contributed by atoms with Crippen molar-refractivity contribution in [3.05, 3.63) is 29.3 Å². The van der Waals surface area contributed by atoms with Crippen molar-refractivity contribution < 1.29 is 4.74 Å². The summed E-state index contributed by atoms with van der Waals surface area (Å²) in [6.07, 6.45) is 3.79. The van der Waals surface area contributed by atoms with Gasteiger partial charge in [0.25, 0.3) is 0 Å². The molecule has 0 heterocycles. The van der Waals surface area contributed by atoms with E-state index in [1.54, 1.807) is 7.11 Å². The summed E-state index contributed by atoms with van der Waals surface area (Å²) in [5.74, 6) is 0.990. The maximum Gasteiger partial charge on any atom is 0.123 e. The fourth-order valence-corrected chi connectivity index (χ4v) is 2.35. The fraction of sp³-hybridized carbons (Fsp3) is 0.667. The molecule has 0 radical (unpaired) electrons. The van der Waals surface area contributed by atoms with Crippen LogP contribution in [0.4, 0.5) is 0 Å². The molecule has 21 heavy (non-hydrogen) atoms. The smallest absolute Gasteiger partial charge is 0.123 e. The Morgan fingerprint density at radius 1 is 1.33 bits per heavy atom. The van der Waals surface area contributed by atoms with Crippen molar-refractivity contribution in [2.24, 2.45) is 0 Å². The molecule has 2 rings (SSSR count). The van der Waals surface area contributed by atoms with E-state index in [2.05, 4.69) is 56.2 Å². The van der Waals surface area contributed by atoms with Crippen LogP contribution in [0.2, 0.25) is 0 Å².